The first kappa shape index (κ1) is 30.5. The molecule has 2 heterocycles. The molecule has 0 radical (unpaired) electrons. The number of rotatable bonds is 6. The number of hydrogen-bond acceptors (Lipinski definition) is 6. The second-order valence-electron chi connectivity index (χ2n) is 7.22. The maximum Gasteiger partial charge on any atom is 0.213 e. The molecule has 0 fully saturated rings. The Morgan fingerprint density at radius 2 is 1.40 bits per heavy atom. The SMILES string of the molecule is C.COc1cccc(C(C)N)n1.COc1cccc(C(C)N[S@](=O)C(C)(C)C)n1.Cl. The molecular formula is C21H37ClN4O3S. The van der Waals surface area contributed by atoms with E-state index >= 15 is 0 Å². The van der Waals surface area contributed by atoms with Crippen molar-refractivity contribution in [1.82, 2.24) is 14.7 Å². The average Bonchev–Trinajstić information content (AvgIpc) is 2.67. The topological polar surface area (TPSA) is 99.4 Å². The summed E-state index contributed by atoms with van der Waals surface area (Å²) in [5.41, 5.74) is 7.29. The fraction of sp³-hybridized carbons (Fsp3) is 0.524. The molecule has 0 amide bonds. The first-order valence-corrected chi connectivity index (χ1v) is 10.2. The predicted octanol–water partition coefficient (Wildman–Crippen LogP) is 4.37. The van der Waals surface area contributed by atoms with E-state index in [0.717, 1.165) is 11.4 Å². The van der Waals surface area contributed by atoms with Crippen LogP contribution in [0.25, 0.3) is 0 Å². The number of nitrogens with one attached hydrogen (secondary N) is 1. The fourth-order valence-electron chi connectivity index (χ4n) is 1.98. The van der Waals surface area contributed by atoms with Crippen LogP contribution >= 0.6 is 12.4 Å². The van der Waals surface area contributed by atoms with Crippen LogP contribution in [0.5, 0.6) is 11.8 Å². The molecule has 2 aromatic rings. The standard InChI is InChI=1S/C12H20N2O2S.C8H12N2O.CH4.ClH/c1-9(14-17(15)12(2,3)4)10-7-6-8-11(13-10)16-5;1-6(9)7-4-3-5-8(10-7)11-2;;/h6-9,14H,1-5H3;3-6H,9H2,1-2H3;1H4;1H/t9?,17-;;;/m1.../s1. The maximum atomic E-state index is 11.9. The summed E-state index contributed by atoms with van der Waals surface area (Å²) < 4.78 is 24.7. The van der Waals surface area contributed by atoms with Crippen LogP contribution in [-0.2, 0) is 11.0 Å². The fourth-order valence-corrected chi connectivity index (χ4v) is 2.78. The van der Waals surface area contributed by atoms with Crippen molar-refractivity contribution in [3.8, 4) is 11.8 Å². The molecular weight excluding hydrogens is 424 g/mol. The molecule has 0 aliphatic rings. The molecule has 2 unspecified atom stereocenters. The largest absolute Gasteiger partial charge is 0.481 e. The van der Waals surface area contributed by atoms with Crippen LogP contribution in [0, 0.1) is 0 Å². The first-order chi connectivity index (χ1) is 13.1. The molecule has 0 aliphatic heterocycles. The van der Waals surface area contributed by atoms with Gasteiger partial charge in [-0.25, -0.2) is 18.9 Å². The molecule has 0 spiro atoms. The van der Waals surface area contributed by atoms with Gasteiger partial charge in [-0.3, -0.25) is 0 Å². The van der Waals surface area contributed by atoms with Crippen molar-refractivity contribution in [2.45, 2.75) is 58.9 Å². The van der Waals surface area contributed by atoms with Gasteiger partial charge in [0.15, 0.2) is 0 Å². The van der Waals surface area contributed by atoms with Gasteiger partial charge in [-0.15, -0.1) is 12.4 Å². The number of halogens is 1. The molecule has 7 nitrogen and oxygen atoms in total. The Balaban J connectivity index is 0. The predicted molar refractivity (Wildman–Crippen MR) is 128 cm³/mol. The Labute approximate surface area is 190 Å². The van der Waals surface area contributed by atoms with Gasteiger partial charge in [-0.1, -0.05) is 19.6 Å². The lowest BCUT2D eigenvalue weighted by molar-refractivity contribution is 0.395. The summed E-state index contributed by atoms with van der Waals surface area (Å²) in [6, 6.07) is 11.0. The Kier molecular flexibility index (Phi) is 14.5. The highest BCUT2D eigenvalue weighted by molar-refractivity contribution is 7.84. The quantitative estimate of drug-likeness (QED) is 0.663. The molecule has 0 aliphatic carbocycles. The third kappa shape index (κ3) is 10.3. The van der Waals surface area contributed by atoms with Gasteiger partial charge in [0, 0.05) is 18.2 Å². The van der Waals surface area contributed by atoms with Crippen LogP contribution in [0.3, 0.4) is 0 Å². The van der Waals surface area contributed by atoms with Crippen LogP contribution < -0.4 is 19.9 Å². The summed E-state index contributed by atoms with van der Waals surface area (Å²) in [6.45, 7) is 9.62. The van der Waals surface area contributed by atoms with Crippen molar-refractivity contribution < 1.29 is 13.7 Å². The molecule has 2 aromatic heterocycles. The molecule has 0 saturated heterocycles. The Hall–Kier alpha value is -1.74. The zero-order valence-corrected chi connectivity index (χ0v) is 19.8. The summed E-state index contributed by atoms with van der Waals surface area (Å²) in [6.07, 6.45) is 0. The van der Waals surface area contributed by atoms with Gasteiger partial charge in [0.05, 0.1) is 47.4 Å². The van der Waals surface area contributed by atoms with Gasteiger partial charge < -0.3 is 15.2 Å². The number of pyridine rings is 2. The first-order valence-electron chi connectivity index (χ1n) is 9.04. The lowest BCUT2D eigenvalue weighted by Crippen LogP contribution is -2.35. The summed E-state index contributed by atoms with van der Waals surface area (Å²) >= 11 is 0. The third-order valence-corrected chi connectivity index (χ3v) is 5.34. The molecule has 0 aromatic carbocycles. The summed E-state index contributed by atoms with van der Waals surface area (Å²) in [5.74, 6) is 1.18. The van der Waals surface area contributed by atoms with E-state index in [1.54, 1.807) is 26.4 Å². The van der Waals surface area contributed by atoms with Crippen LogP contribution in [0.4, 0.5) is 0 Å². The van der Waals surface area contributed by atoms with Crippen molar-refractivity contribution in [1.29, 1.82) is 0 Å². The van der Waals surface area contributed by atoms with E-state index < -0.39 is 11.0 Å². The van der Waals surface area contributed by atoms with E-state index in [2.05, 4.69) is 14.7 Å². The molecule has 2 rings (SSSR count). The molecule has 0 bridgehead atoms. The zero-order valence-electron chi connectivity index (χ0n) is 18.1. The Morgan fingerprint density at radius 3 is 1.80 bits per heavy atom. The van der Waals surface area contributed by atoms with Gasteiger partial charge in [0.25, 0.3) is 0 Å². The second kappa shape index (κ2) is 14.3. The van der Waals surface area contributed by atoms with Gasteiger partial charge in [0.2, 0.25) is 11.8 Å². The van der Waals surface area contributed by atoms with Gasteiger partial charge in [0.1, 0.15) is 0 Å². The lowest BCUT2D eigenvalue weighted by Gasteiger charge is -2.21. The number of methoxy groups -OCH3 is 2. The molecule has 172 valence electrons. The van der Waals surface area contributed by atoms with Crippen molar-refractivity contribution in [2.24, 2.45) is 5.73 Å². The highest BCUT2D eigenvalue weighted by atomic mass is 35.5. The smallest absolute Gasteiger partial charge is 0.213 e. The highest BCUT2D eigenvalue weighted by Crippen LogP contribution is 2.17. The molecule has 0 saturated carbocycles. The Bertz CT molecular complexity index is 770. The van der Waals surface area contributed by atoms with Gasteiger partial charge >= 0.3 is 0 Å². The maximum absolute atomic E-state index is 11.9. The normalized spacial score (nSPS) is 13.3. The van der Waals surface area contributed by atoms with Gasteiger partial charge in [-0.05, 0) is 46.8 Å². The van der Waals surface area contributed by atoms with Crippen molar-refractivity contribution in [3.63, 3.8) is 0 Å². The average molecular weight is 461 g/mol. The summed E-state index contributed by atoms with van der Waals surface area (Å²) in [5, 5.41) is 0. The number of nitrogens with zero attached hydrogens (tertiary/aromatic N) is 2. The minimum Gasteiger partial charge on any atom is -0.481 e. The van der Waals surface area contributed by atoms with E-state index in [-0.39, 0.29) is 36.7 Å². The molecule has 9 heteroatoms. The number of aromatic nitrogens is 2. The van der Waals surface area contributed by atoms with E-state index in [1.807, 2.05) is 58.9 Å². The summed E-state index contributed by atoms with van der Waals surface area (Å²) in [4.78, 5) is 8.45. The lowest BCUT2D eigenvalue weighted by atomic mass is 10.2. The van der Waals surface area contributed by atoms with E-state index in [4.69, 9.17) is 15.2 Å². The van der Waals surface area contributed by atoms with Crippen LogP contribution in [-0.4, -0.2) is 33.1 Å². The van der Waals surface area contributed by atoms with Crippen LogP contribution in [0.15, 0.2) is 36.4 Å². The minimum absolute atomic E-state index is 0. The zero-order chi connectivity index (χ0) is 21.3. The number of hydrogen-bond donors (Lipinski definition) is 2. The van der Waals surface area contributed by atoms with Crippen LogP contribution in [0.2, 0.25) is 0 Å². The van der Waals surface area contributed by atoms with Crippen molar-refractivity contribution >= 4 is 23.4 Å². The molecule has 3 atom stereocenters. The second-order valence-corrected chi connectivity index (χ2v) is 9.22. The Morgan fingerprint density at radius 1 is 0.967 bits per heavy atom. The van der Waals surface area contributed by atoms with E-state index in [9.17, 15) is 4.21 Å². The van der Waals surface area contributed by atoms with Crippen LogP contribution in [0.1, 0.15) is 65.5 Å². The van der Waals surface area contributed by atoms with E-state index in [1.165, 1.54) is 0 Å². The van der Waals surface area contributed by atoms with Crippen molar-refractivity contribution in [3.05, 3.63) is 47.8 Å². The van der Waals surface area contributed by atoms with E-state index in [0.29, 0.717) is 11.8 Å². The molecule has 30 heavy (non-hydrogen) atoms. The number of nitrogens with two attached hydrogens (primary N) is 1. The molecule has 3 N–H and O–H groups in total. The summed E-state index contributed by atoms with van der Waals surface area (Å²) in [7, 11) is 2.06. The number of ether oxygens (including phenoxy) is 2. The monoisotopic (exact) mass is 460 g/mol. The minimum atomic E-state index is -1.11. The third-order valence-electron chi connectivity index (χ3n) is 3.66. The van der Waals surface area contributed by atoms with Gasteiger partial charge in [-0.2, -0.15) is 0 Å². The highest BCUT2D eigenvalue weighted by Gasteiger charge is 2.22. The van der Waals surface area contributed by atoms with Crippen molar-refractivity contribution in [2.75, 3.05) is 14.2 Å².